The van der Waals surface area contributed by atoms with E-state index in [4.69, 9.17) is 18.2 Å². The number of benzene rings is 9. The van der Waals surface area contributed by atoms with Crippen molar-refractivity contribution in [3.8, 4) is 56.3 Å². The van der Waals surface area contributed by atoms with E-state index in [2.05, 4.69) is 162 Å². The lowest BCUT2D eigenvalue weighted by atomic mass is 9.50. The van der Waals surface area contributed by atoms with Gasteiger partial charge >= 0.3 is 6.92 Å². The molecule has 0 bridgehead atoms. The van der Waals surface area contributed by atoms with Gasteiger partial charge in [0, 0.05) is 49.1 Å². The number of hydrogen-bond donors (Lipinski definition) is 0. The molecule has 0 saturated carbocycles. The van der Waals surface area contributed by atoms with E-state index in [1.54, 1.807) is 0 Å². The van der Waals surface area contributed by atoms with Crippen molar-refractivity contribution >= 4 is 83.5 Å². The van der Waals surface area contributed by atoms with Gasteiger partial charge in [-0.25, -0.2) is 0 Å². The summed E-state index contributed by atoms with van der Waals surface area (Å²) in [4.78, 5) is 0. The summed E-state index contributed by atoms with van der Waals surface area (Å²) in [6.45, 7) is -0.347. The average Bonchev–Trinajstić information content (AvgIpc) is 3.99. The molecule has 3 aromatic heterocycles. The minimum absolute atomic E-state index is 0.347. The Morgan fingerprint density at radius 2 is 1.10 bits per heavy atom. The maximum Gasteiger partial charge on any atom is 0.434 e. The summed E-state index contributed by atoms with van der Waals surface area (Å²) in [6, 6.07) is 64.0. The minimum Gasteiger partial charge on any atom is -0.551 e. The molecule has 0 amide bonds. The number of hydrogen-bond acceptors (Lipinski definition) is 4. The number of fused-ring (bicyclic) bond motifs is 14. The molecule has 0 fully saturated rings. The van der Waals surface area contributed by atoms with Crippen LogP contribution in [0.3, 0.4) is 0 Å². The highest BCUT2D eigenvalue weighted by molar-refractivity contribution is 6.84. The third-order valence-electron chi connectivity index (χ3n) is 12.7. The first-order chi connectivity index (χ1) is 29.7. The van der Waals surface area contributed by atoms with Crippen LogP contribution in [0.1, 0.15) is 0 Å². The lowest BCUT2D eigenvalue weighted by Gasteiger charge is -2.33. The predicted octanol–water partition coefficient (Wildman–Crippen LogP) is 13.2. The summed E-state index contributed by atoms with van der Waals surface area (Å²) >= 11 is 0. The van der Waals surface area contributed by atoms with Crippen LogP contribution in [-0.4, -0.2) is 11.5 Å². The molecule has 0 N–H and O–H groups in total. The zero-order valence-corrected chi connectivity index (χ0v) is 32.0. The van der Waals surface area contributed by atoms with E-state index in [1.807, 2.05) is 24.3 Å². The Bertz CT molecular complexity index is 3740. The number of nitrogens with zero attached hydrogens (tertiary/aromatic N) is 1. The molecule has 5 heterocycles. The molecule has 2 aliphatic heterocycles. The number of para-hydroxylation sites is 4. The molecule has 5 nitrogen and oxygen atoms in total. The van der Waals surface area contributed by atoms with Crippen molar-refractivity contribution in [2.45, 2.75) is 0 Å². The Hall–Kier alpha value is -7.96. The van der Waals surface area contributed by atoms with Gasteiger partial charge in [-0.1, -0.05) is 109 Å². The summed E-state index contributed by atoms with van der Waals surface area (Å²) in [5.41, 5.74) is 15.3. The molecule has 0 aliphatic carbocycles. The van der Waals surface area contributed by atoms with Crippen molar-refractivity contribution in [3.63, 3.8) is 0 Å². The topological polar surface area (TPSA) is 49.7 Å². The first kappa shape index (κ1) is 32.1. The van der Waals surface area contributed by atoms with Gasteiger partial charge in [0.2, 0.25) is 0 Å². The zero-order chi connectivity index (χ0) is 39.1. The van der Waals surface area contributed by atoms with E-state index in [-0.39, 0.29) is 6.92 Å². The van der Waals surface area contributed by atoms with Gasteiger partial charge in [0.1, 0.15) is 39.6 Å². The van der Waals surface area contributed by atoms with Crippen molar-refractivity contribution in [2.24, 2.45) is 0 Å². The van der Waals surface area contributed by atoms with E-state index in [0.29, 0.717) is 0 Å². The van der Waals surface area contributed by atoms with E-state index in [0.717, 1.165) is 111 Å². The Labute approximate surface area is 343 Å². The maximum absolute atomic E-state index is 6.93. The Balaban J connectivity index is 0.906. The minimum atomic E-state index is -0.347. The second kappa shape index (κ2) is 11.8. The van der Waals surface area contributed by atoms with Gasteiger partial charge in [0.05, 0.1) is 16.4 Å². The highest BCUT2D eigenvalue weighted by Gasteiger charge is 2.41. The van der Waals surface area contributed by atoms with Gasteiger partial charge in [0.25, 0.3) is 0 Å². The molecule has 0 saturated heterocycles. The zero-order valence-electron chi connectivity index (χ0n) is 32.0. The fourth-order valence-electron chi connectivity index (χ4n) is 10.0. The molecular formula is C54H30BNO4. The third kappa shape index (κ3) is 4.37. The van der Waals surface area contributed by atoms with Crippen LogP contribution < -0.4 is 20.3 Å². The van der Waals surface area contributed by atoms with Crippen LogP contribution in [0, 0.1) is 0 Å². The molecule has 0 spiro atoms. The van der Waals surface area contributed by atoms with E-state index < -0.39 is 0 Å². The second-order valence-corrected chi connectivity index (χ2v) is 15.9. The first-order valence-corrected chi connectivity index (χ1v) is 20.3. The third-order valence-corrected chi connectivity index (χ3v) is 12.7. The van der Waals surface area contributed by atoms with Crippen molar-refractivity contribution in [2.75, 3.05) is 0 Å². The number of furan rings is 2. The number of ether oxygens (including phenoxy) is 1. The molecule has 0 atom stereocenters. The summed E-state index contributed by atoms with van der Waals surface area (Å²) in [5, 5.41) is 6.67. The van der Waals surface area contributed by atoms with Gasteiger partial charge < -0.3 is 22.8 Å². The molecule has 0 radical (unpaired) electrons. The summed E-state index contributed by atoms with van der Waals surface area (Å²) < 4.78 is 29.3. The lowest BCUT2D eigenvalue weighted by molar-refractivity contribution is 0.479. The van der Waals surface area contributed by atoms with Crippen molar-refractivity contribution in [1.82, 2.24) is 4.57 Å². The maximum atomic E-state index is 6.93. The Kier molecular flexibility index (Phi) is 6.31. The van der Waals surface area contributed by atoms with Crippen LogP contribution in [0.5, 0.6) is 17.2 Å². The molecule has 14 rings (SSSR count). The fourth-order valence-corrected chi connectivity index (χ4v) is 10.0. The molecule has 0 unspecified atom stereocenters. The van der Waals surface area contributed by atoms with Crippen molar-refractivity contribution in [3.05, 3.63) is 182 Å². The van der Waals surface area contributed by atoms with E-state index in [9.17, 15) is 0 Å². The average molecular weight is 768 g/mol. The van der Waals surface area contributed by atoms with Gasteiger partial charge in [-0.2, -0.15) is 0 Å². The first-order valence-electron chi connectivity index (χ1n) is 20.3. The van der Waals surface area contributed by atoms with Gasteiger partial charge in [0.15, 0.2) is 0 Å². The molecule has 60 heavy (non-hydrogen) atoms. The lowest BCUT2D eigenvalue weighted by Crippen LogP contribution is -2.53. The van der Waals surface area contributed by atoms with Crippen LogP contribution in [-0.2, 0) is 0 Å². The number of rotatable bonds is 3. The summed E-state index contributed by atoms with van der Waals surface area (Å²) in [5.74, 6) is 2.43. The van der Waals surface area contributed by atoms with Crippen LogP contribution in [0.4, 0.5) is 0 Å². The summed E-state index contributed by atoms with van der Waals surface area (Å²) in [6.07, 6.45) is 0. The second-order valence-electron chi connectivity index (χ2n) is 15.9. The molecule has 12 aromatic rings. The Morgan fingerprint density at radius 3 is 1.95 bits per heavy atom. The highest BCUT2D eigenvalue weighted by atomic mass is 16.5. The SMILES string of the molecule is c1ccc2c(c1)OB1c3cc(-c4ccc(-n5c6ccccc6c6ccccc65)cc4)ccc3Oc3cc(-c4cccc5oc6ccc7c8ccccc8oc7c6c45)cc-2c31. The van der Waals surface area contributed by atoms with Crippen LogP contribution >= 0.6 is 0 Å². The van der Waals surface area contributed by atoms with Gasteiger partial charge in [-0.05, 0) is 101 Å². The normalized spacial score (nSPS) is 12.9. The van der Waals surface area contributed by atoms with E-state index >= 15 is 0 Å². The monoisotopic (exact) mass is 767 g/mol. The standard InChI is InChI=1S/C54H30BNO4/c1-5-15-43-36(10-1)37-11-2-6-16-44(37)56(43)34-23-20-31(21-24-34)32-22-26-47-42(29-32)55-53-41(39-13-4-8-18-46(39)60-55)28-33(30-50(53)57-47)35-14-9-19-48-51(35)52-49(58-48)27-25-40-38-12-3-7-17-45(38)59-54(40)52/h1-30H. The van der Waals surface area contributed by atoms with Crippen molar-refractivity contribution < 1.29 is 18.2 Å². The molecule has 2 aliphatic rings. The largest absolute Gasteiger partial charge is 0.551 e. The van der Waals surface area contributed by atoms with Crippen LogP contribution in [0.2, 0.25) is 0 Å². The van der Waals surface area contributed by atoms with Crippen LogP contribution in [0.25, 0.3) is 105 Å². The molecule has 278 valence electrons. The summed E-state index contributed by atoms with van der Waals surface area (Å²) in [7, 11) is 0. The van der Waals surface area contributed by atoms with Crippen molar-refractivity contribution in [1.29, 1.82) is 0 Å². The van der Waals surface area contributed by atoms with Gasteiger partial charge in [-0.3, -0.25) is 0 Å². The fraction of sp³-hybridized carbons (Fsp3) is 0. The highest BCUT2D eigenvalue weighted by Crippen LogP contribution is 2.46. The smallest absolute Gasteiger partial charge is 0.434 e. The Morgan fingerprint density at radius 1 is 0.400 bits per heavy atom. The van der Waals surface area contributed by atoms with E-state index in [1.165, 1.54) is 21.8 Å². The predicted molar refractivity (Wildman–Crippen MR) is 244 cm³/mol. The molecular weight excluding hydrogens is 737 g/mol. The quantitative estimate of drug-likeness (QED) is 0.168. The number of aromatic nitrogens is 1. The van der Waals surface area contributed by atoms with Crippen LogP contribution in [0.15, 0.2) is 191 Å². The van der Waals surface area contributed by atoms with Gasteiger partial charge in [-0.15, -0.1) is 0 Å². The molecule has 9 aromatic carbocycles. The molecule has 6 heteroatoms.